The molecule has 3 nitrogen and oxygen atoms in total. The van der Waals surface area contributed by atoms with Gasteiger partial charge in [-0.1, -0.05) is 38.1 Å². The average Bonchev–Trinajstić information content (AvgIpc) is 3.05. The van der Waals surface area contributed by atoms with Crippen LogP contribution >= 0.6 is 11.3 Å². The fourth-order valence-electron chi connectivity index (χ4n) is 2.77. The Hall–Kier alpha value is -1.68. The van der Waals surface area contributed by atoms with Crippen molar-refractivity contribution in [1.29, 1.82) is 0 Å². The maximum atomic E-state index is 12.5. The minimum absolute atomic E-state index is 0.0843. The molecule has 2 heterocycles. The first kappa shape index (κ1) is 15.2. The van der Waals surface area contributed by atoms with E-state index in [4.69, 9.17) is 0 Å². The number of carbonyl (C=O) groups is 1. The van der Waals surface area contributed by atoms with Gasteiger partial charge in [0, 0.05) is 24.0 Å². The largest absolute Gasteiger partial charge is 0.337 e. The maximum absolute atomic E-state index is 12.5. The molecule has 0 atom stereocenters. The summed E-state index contributed by atoms with van der Waals surface area (Å²) in [4.78, 5) is 19.0. The van der Waals surface area contributed by atoms with Gasteiger partial charge in [0.15, 0.2) is 0 Å². The molecule has 0 aliphatic carbocycles. The molecule has 4 heteroatoms. The molecule has 0 radical (unpaired) electrons. The van der Waals surface area contributed by atoms with Crippen molar-refractivity contribution in [2.24, 2.45) is 0 Å². The third kappa shape index (κ3) is 3.22. The van der Waals surface area contributed by atoms with Crippen molar-refractivity contribution in [3.05, 3.63) is 40.9 Å². The molecule has 0 saturated carbocycles. The Morgan fingerprint density at radius 2 is 1.82 bits per heavy atom. The highest BCUT2D eigenvalue weighted by atomic mass is 32.1. The quantitative estimate of drug-likeness (QED) is 0.832. The monoisotopic (exact) mass is 314 g/mol. The van der Waals surface area contributed by atoms with E-state index >= 15 is 0 Å². The molecule has 1 fully saturated rings. The van der Waals surface area contributed by atoms with Crippen molar-refractivity contribution in [3.63, 3.8) is 0 Å². The third-order valence-electron chi connectivity index (χ3n) is 4.19. The van der Waals surface area contributed by atoms with Crippen LogP contribution in [-0.4, -0.2) is 28.9 Å². The molecule has 116 valence electrons. The van der Waals surface area contributed by atoms with E-state index < -0.39 is 0 Å². The Bertz CT molecular complexity index is 639. The second-order valence-electron chi connectivity index (χ2n) is 6.17. The molecule has 1 amide bonds. The van der Waals surface area contributed by atoms with Gasteiger partial charge in [-0.25, -0.2) is 4.98 Å². The number of piperidine rings is 1. The number of carbonyl (C=O) groups excluding carboxylic acids is 1. The lowest BCUT2D eigenvalue weighted by atomic mass is 10.0. The molecule has 1 aromatic heterocycles. The van der Waals surface area contributed by atoms with E-state index in [0.29, 0.717) is 11.6 Å². The van der Waals surface area contributed by atoms with Crippen molar-refractivity contribution in [2.75, 3.05) is 13.1 Å². The highest BCUT2D eigenvalue weighted by molar-refractivity contribution is 7.13. The number of thiazole rings is 1. The second-order valence-corrected chi connectivity index (χ2v) is 7.03. The van der Waals surface area contributed by atoms with Crippen LogP contribution < -0.4 is 0 Å². The van der Waals surface area contributed by atoms with Gasteiger partial charge in [-0.2, -0.15) is 0 Å². The summed E-state index contributed by atoms with van der Waals surface area (Å²) in [6, 6.07) is 8.49. The van der Waals surface area contributed by atoms with Crippen LogP contribution in [0.1, 0.15) is 55.1 Å². The highest BCUT2D eigenvalue weighted by Gasteiger charge is 2.20. The van der Waals surface area contributed by atoms with Gasteiger partial charge < -0.3 is 4.90 Å². The van der Waals surface area contributed by atoms with Gasteiger partial charge in [0.05, 0.1) is 0 Å². The predicted molar refractivity (Wildman–Crippen MR) is 91.4 cm³/mol. The Morgan fingerprint density at radius 1 is 1.14 bits per heavy atom. The molecule has 22 heavy (non-hydrogen) atoms. The first-order valence-electron chi connectivity index (χ1n) is 8.00. The normalized spacial score (nSPS) is 15.3. The van der Waals surface area contributed by atoms with Crippen molar-refractivity contribution in [2.45, 2.75) is 39.0 Å². The summed E-state index contributed by atoms with van der Waals surface area (Å²) in [6.07, 6.45) is 3.45. The van der Waals surface area contributed by atoms with Gasteiger partial charge in [-0.05, 0) is 30.7 Å². The molecular weight excluding hydrogens is 292 g/mol. The molecule has 1 aliphatic rings. The van der Waals surface area contributed by atoms with Crippen LogP contribution in [0.2, 0.25) is 0 Å². The molecule has 0 spiro atoms. The van der Waals surface area contributed by atoms with Gasteiger partial charge in [0.2, 0.25) is 0 Å². The first-order valence-corrected chi connectivity index (χ1v) is 8.88. The average molecular weight is 314 g/mol. The van der Waals surface area contributed by atoms with Crippen LogP contribution in [0.15, 0.2) is 29.6 Å². The van der Waals surface area contributed by atoms with Gasteiger partial charge in [0.1, 0.15) is 10.7 Å². The summed E-state index contributed by atoms with van der Waals surface area (Å²) in [7, 11) is 0. The molecule has 3 rings (SSSR count). The fourth-order valence-corrected chi connectivity index (χ4v) is 3.57. The third-order valence-corrected chi connectivity index (χ3v) is 5.08. The van der Waals surface area contributed by atoms with E-state index in [2.05, 4.69) is 43.1 Å². The van der Waals surface area contributed by atoms with Crippen molar-refractivity contribution in [3.8, 4) is 10.6 Å². The summed E-state index contributed by atoms with van der Waals surface area (Å²) in [6.45, 7) is 6.12. The van der Waals surface area contributed by atoms with Crippen LogP contribution in [0, 0.1) is 0 Å². The number of hydrogen-bond donors (Lipinski definition) is 0. The van der Waals surface area contributed by atoms with E-state index in [0.717, 1.165) is 36.5 Å². The Morgan fingerprint density at radius 3 is 2.45 bits per heavy atom. The highest BCUT2D eigenvalue weighted by Crippen LogP contribution is 2.26. The zero-order chi connectivity index (χ0) is 15.5. The minimum Gasteiger partial charge on any atom is -0.337 e. The minimum atomic E-state index is 0.0843. The summed E-state index contributed by atoms with van der Waals surface area (Å²) in [5, 5.41) is 2.82. The summed E-state index contributed by atoms with van der Waals surface area (Å²) in [5.74, 6) is 0.614. The Kier molecular flexibility index (Phi) is 4.57. The Balaban J connectivity index is 1.76. The lowest BCUT2D eigenvalue weighted by molar-refractivity contribution is 0.0719. The first-order chi connectivity index (χ1) is 10.6. The van der Waals surface area contributed by atoms with Crippen LogP contribution in [0.4, 0.5) is 0 Å². The van der Waals surface area contributed by atoms with Crippen LogP contribution in [0.25, 0.3) is 10.6 Å². The van der Waals surface area contributed by atoms with Crippen molar-refractivity contribution >= 4 is 17.2 Å². The molecular formula is C18H22N2OS. The van der Waals surface area contributed by atoms with E-state index in [9.17, 15) is 4.79 Å². The maximum Gasteiger partial charge on any atom is 0.273 e. The topological polar surface area (TPSA) is 33.2 Å². The Labute approximate surface area is 136 Å². The number of nitrogens with zero attached hydrogens (tertiary/aromatic N) is 2. The zero-order valence-corrected chi connectivity index (χ0v) is 14.0. The van der Waals surface area contributed by atoms with Crippen LogP contribution in [0.5, 0.6) is 0 Å². The number of aromatic nitrogens is 1. The number of likely N-dealkylation sites (tertiary alicyclic amines) is 1. The van der Waals surface area contributed by atoms with Gasteiger partial charge >= 0.3 is 0 Å². The van der Waals surface area contributed by atoms with E-state index in [-0.39, 0.29) is 5.91 Å². The molecule has 0 N–H and O–H groups in total. The lowest BCUT2D eigenvalue weighted by Gasteiger charge is -2.25. The predicted octanol–water partition coefficient (Wildman–Crippen LogP) is 4.56. The number of amides is 1. The second kappa shape index (κ2) is 6.61. The standard InChI is InChI=1S/C18H22N2OS/c1-13(2)14-6-8-15(9-7-14)17-19-16(12-22-17)18(21)20-10-4-3-5-11-20/h6-9,12-13H,3-5,10-11H2,1-2H3. The lowest BCUT2D eigenvalue weighted by Crippen LogP contribution is -2.35. The molecule has 1 saturated heterocycles. The van der Waals surface area contributed by atoms with E-state index in [1.165, 1.54) is 12.0 Å². The van der Waals surface area contributed by atoms with Crippen LogP contribution in [-0.2, 0) is 0 Å². The summed E-state index contributed by atoms with van der Waals surface area (Å²) in [5.41, 5.74) is 3.01. The van der Waals surface area contributed by atoms with E-state index in [1.54, 1.807) is 11.3 Å². The van der Waals surface area contributed by atoms with Gasteiger partial charge in [-0.3, -0.25) is 4.79 Å². The number of hydrogen-bond acceptors (Lipinski definition) is 3. The zero-order valence-electron chi connectivity index (χ0n) is 13.2. The number of rotatable bonds is 3. The fraction of sp³-hybridized carbons (Fsp3) is 0.444. The molecule has 1 aliphatic heterocycles. The van der Waals surface area contributed by atoms with E-state index in [1.807, 2.05) is 10.3 Å². The molecule has 2 aromatic rings. The smallest absolute Gasteiger partial charge is 0.273 e. The summed E-state index contributed by atoms with van der Waals surface area (Å²) < 4.78 is 0. The molecule has 0 unspecified atom stereocenters. The number of benzene rings is 1. The molecule has 1 aromatic carbocycles. The molecule has 0 bridgehead atoms. The van der Waals surface area contributed by atoms with Gasteiger partial charge in [0.25, 0.3) is 5.91 Å². The van der Waals surface area contributed by atoms with Crippen molar-refractivity contribution < 1.29 is 4.79 Å². The van der Waals surface area contributed by atoms with Crippen LogP contribution in [0.3, 0.4) is 0 Å². The SMILES string of the molecule is CC(C)c1ccc(-c2nc(C(=O)N3CCCCC3)cs2)cc1. The van der Waals surface area contributed by atoms with Gasteiger partial charge in [-0.15, -0.1) is 11.3 Å². The summed E-state index contributed by atoms with van der Waals surface area (Å²) >= 11 is 1.55. The van der Waals surface area contributed by atoms with Crippen molar-refractivity contribution in [1.82, 2.24) is 9.88 Å².